The number of carbonyl (C=O) groups is 1. The minimum Gasteiger partial charge on any atom is -0.322 e. The lowest BCUT2D eigenvalue weighted by Gasteiger charge is -2.04. The van der Waals surface area contributed by atoms with Gasteiger partial charge in [0.1, 0.15) is 0 Å². The Morgan fingerprint density at radius 1 is 1.17 bits per heavy atom. The Kier molecular flexibility index (Phi) is 6.30. The summed E-state index contributed by atoms with van der Waals surface area (Å²) in [4.78, 5) is 12.1. The first-order valence-electron chi connectivity index (χ1n) is 7.25. The van der Waals surface area contributed by atoms with Gasteiger partial charge in [-0.2, -0.15) is 0 Å². The predicted octanol–water partition coefficient (Wildman–Crippen LogP) is 3.40. The first kappa shape index (κ1) is 18.4. The highest BCUT2D eigenvalue weighted by molar-refractivity contribution is 9.10. The van der Waals surface area contributed by atoms with Gasteiger partial charge in [0.15, 0.2) is 0 Å². The molecule has 0 radical (unpaired) electrons. The van der Waals surface area contributed by atoms with Crippen molar-refractivity contribution in [3.8, 4) is 0 Å². The molecular weight excluding hydrogens is 392 g/mol. The number of halogens is 1. The van der Waals surface area contributed by atoms with Crippen LogP contribution in [0.1, 0.15) is 12.5 Å². The SMILES string of the molecule is CCNS(=O)(=O)c1ccc(/C=C/C(=O)Nc2cccc(Br)c2)cc1. The number of benzene rings is 2. The summed E-state index contributed by atoms with van der Waals surface area (Å²) in [6.45, 7) is 2.05. The van der Waals surface area contributed by atoms with E-state index in [4.69, 9.17) is 0 Å². The Hall–Kier alpha value is -1.96. The van der Waals surface area contributed by atoms with Gasteiger partial charge in [0.2, 0.25) is 15.9 Å². The first-order chi connectivity index (χ1) is 11.4. The molecule has 0 fully saturated rings. The van der Waals surface area contributed by atoms with Crippen LogP contribution in [0.4, 0.5) is 5.69 Å². The van der Waals surface area contributed by atoms with Crippen LogP contribution in [0.15, 0.2) is 64.0 Å². The van der Waals surface area contributed by atoms with Gasteiger partial charge >= 0.3 is 0 Å². The van der Waals surface area contributed by atoms with Gasteiger partial charge in [-0.05, 0) is 42.0 Å². The summed E-state index contributed by atoms with van der Waals surface area (Å²) in [7, 11) is -3.46. The van der Waals surface area contributed by atoms with Crippen LogP contribution in [0.3, 0.4) is 0 Å². The lowest BCUT2D eigenvalue weighted by molar-refractivity contribution is -0.111. The molecule has 0 atom stereocenters. The molecule has 2 N–H and O–H groups in total. The van der Waals surface area contributed by atoms with Gasteiger partial charge in [-0.15, -0.1) is 0 Å². The monoisotopic (exact) mass is 408 g/mol. The molecule has 0 aliphatic heterocycles. The van der Waals surface area contributed by atoms with Crippen LogP contribution in [-0.2, 0) is 14.8 Å². The summed E-state index contributed by atoms with van der Waals surface area (Å²) < 4.78 is 27.0. The Balaban J connectivity index is 2.03. The minimum atomic E-state index is -3.46. The average molecular weight is 409 g/mol. The van der Waals surface area contributed by atoms with Crippen LogP contribution in [0.5, 0.6) is 0 Å². The van der Waals surface area contributed by atoms with Gasteiger partial charge in [-0.1, -0.05) is 41.1 Å². The Morgan fingerprint density at radius 2 is 1.88 bits per heavy atom. The van der Waals surface area contributed by atoms with Gasteiger partial charge in [-0.3, -0.25) is 4.79 Å². The van der Waals surface area contributed by atoms with Crippen molar-refractivity contribution in [3.05, 3.63) is 64.6 Å². The molecule has 0 spiro atoms. The maximum Gasteiger partial charge on any atom is 0.248 e. The molecule has 0 aliphatic carbocycles. The van der Waals surface area contributed by atoms with Crippen molar-refractivity contribution >= 4 is 43.6 Å². The number of nitrogens with one attached hydrogen (secondary N) is 2. The van der Waals surface area contributed by atoms with E-state index in [-0.39, 0.29) is 10.8 Å². The molecule has 1 amide bonds. The van der Waals surface area contributed by atoms with E-state index >= 15 is 0 Å². The smallest absolute Gasteiger partial charge is 0.248 e. The van der Waals surface area contributed by atoms with E-state index in [1.165, 1.54) is 18.2 Å². The van der Waals surface area contributed by atoms with Crippen molar-refractivity contribution in [1.29, 1.82) is 0 Å². The second kappa shape index (κ2) is 8.23. The zero-order valence-corrected chi connectivity index (χ0v) is 15.4. The Bertz CT molecular complexity index is 846. The fourth-order valence-corrected chi connectivity index (χ4v) is 3.39. The predicted molar refractivity (Wildman–Crippen MR) is 99.1 cm³/mol. The third-order valence-electron chi connectivity index (χ3n) is 3.04. The van der Waals surface area contributed by atoms with Gasteiger partial charge in [-0.25, -0.2) is 13.1 Å². The van der Waals surface area contributed by atoms with Crippen molar-refractivity contribution in [2.75, 3.05) is 11.9 Å². The fourth-order valence-electron chi connectivity index (χ4n) is 1.95. The van der Waals surface area contributed by atoms with Crippen molar-refractivity contribution in [2.45, 2.75) is 11.8 Å². The van der Waals surface area contributed by atoms with Gasteiger partial charge in [0, 0.05) is 22.8 Å². The quantitative estimate of drug-likeness (QED) is 0.719. The van der Waals surface area contributed by atoms with Crippen molar-refractivity contribution < 1.29 is 13.2 Å². The number of rotatable bonds is 6. The second-order valence-electron chi connectivity index (χ2n) is 4.90. The molecule has 0 aromatic heterocycles. The maximum absolute atomic E-state index is 11.9. The van der Waals surface area contributed by atoms with Gasteiger partial charge < -0.3 is 5.32 Å². The molecule has 0 heterocycles. The molecule has 7 heteroatoms. The van der Waals surface area contributed by atoms with E-state index in [1.807, 2.05) is 12.1 Å². The molecule has 0 unspecified atom stereocenters. The van der Waals surface area contributed by atoms with Crippen molar-refractivity contribution in [3.63, 3.8) is 0 Å². The van der Waals surface area contributed by atoms with Crippen LogP contribution < -0.4 is 10.0 Å². The van der Waals surface area contributed by atoms with Crippen molar-refractivity contribution in [1.82, 2.24) is 4.72 Å². The van der Waals surface area contributed by atoms with E-state index < -0.39 is 10.0 Å². The third-order valence-corrected chi connectivity index (χ3v) is 5.10. The van der Waals surface area contributed by atoms with E-state index in [9.17, 15) is 13.2 Å². The molecule has 5 nitrogen and oxygen atoms in total. The molecule has 0 aliphatic rings. The van der Waals surface area contributed by atoms with Gasteiger partial charge in [0.05, 0.1) is 4.90 Å². The maximum atomic E-state index is 11.9. The molecule has 126 valence electrons. The highest BCUT2D eigenvalue weighted by Crippen LogP contribution is 2.16. The van der Waals surface area contributed by atoms with E-state index in [0.29, 0.717) is 12.2 Å². The zero-order valence-electron chi connectivity index (χ0n) is 13.0. The molecule has 24 heavy (non-hydrogen) atoms. The standard InChI is InChI=1S/C17H17BrN2O3S/c1-2-19-24(22,23)16-9-6-13(7-10-16)8-11-17(21)20-15-5-3-4-14(18)12-15/h3-12,19H,2H2,1H3,(H,20,21)/b11-8+. The number of anilines is 1. The summed E-state index contributed by atoms with van der Waals surface area (Å²) in [5.41, 5.74) is 1.42. The van der Waals surface area contributed by atoms with Crippen LogP contribution in [-0.4, -0.2) is 20.9 Å². The highest BCUT2D eigenvalue weighted by Gasteiger charge is 2.11. The Morgan fingerprint density at radius 3 is 2.50 bits per heavy atom. The number of hydrogen-bond donors (Lipinski definition) is 2. The topological polar surface area (TPSA) is 75.3 Å². The molecule has 2 aromatic carbocycles. The molecule has 2 aromatic rings. The lowest BCUT2D eigenvalue weighted by Crippen LogP contribution is -2.22. The van der Waals surface area contributed by atoms with Gasteiger partial charge in [0.25, 0.3) is 0 Å². The van der Waals surface area contributed by atoms with Crippen LogP contribution in [0.2, 0.25) is 0 Å². The zero-order chi connectivity index (χ0) is 17.6. The normalized spacial score (nSPS) is 11.6. The molecule has 0 bridgehead atoms. The van der Waals surface area contributed by atoms with Crippen LogP contribution in [0, 0.1) is 0 Å². The van der Waals surface area contributed by atoms with Crippen LogP contribution in [0.25, 0.3) is 6.08 Å². The minimum absolute atomic E-state index is 0.195. The summed E-state index contributed by atoms with van der Waals surface area (Å²) in [5.74, 6) is -0.266. The number of amides is 1. The summed E-state index contributed by atoms with van der Waals surface area (Å²) in [6, 6.07) is 13.6. The second-order valence-corrected chi connectivity index (χ2v) is 7.59. The molecular formula is C17H17BrN2O3S. The van der Waals surface area contributed by atoms with Crippen molar-refractivity contribution in [2.24, 2.45) is 0 Å². The van der Waals surface area contributed by atoms with E-state index in [0.717, 1.165) is 10.0 Å². The lowest BCUT2D eigenvalue weighted by atomic mass is 10.2. The molecule has 2 rings (SSSR count). The molecule has 0 saturated carbocycles. The summed E-state index contributed by atoms with van der Waals surface area (Å²) in [5, 5.41) is 2.74. The highest BCUT2D eigenvalue weighted by atomic mass is 79.9. The number of hydrogen-bond acceptors (Lipinski definition) is 3. The van der Waals surface area contributed by atoms with E-state index in [2.05, 4.69) is 26.0 Å². The summed E-state index contributed by atoms with van der Waals surface area (Å²) in [6.07, 6.45) is 3.02. The first-order valence-corrected chi connectivity index (χ1v) is 9.52. The Labute approximate surface area is 150 Å². The largest absolute Gasteiger partial charge is 0.322 e. The fraction of sp³-hybridized carbons (Fsp3) is 0.118. The summed E-state index contributed by atoms with van der Waals surface area (Å²) >= 11 is 3.34. The number of sulfonamides is 1. The average Bonchev–Trinajstić information content (AvgIpc) is 2.53. The number of carbonyl (C=O) groups excluding carboxylic acids is 1. The van der Waals surface area contributed by atoms with Crippen LogP contribution >= 0.6 is 15.9 Å². The van der Waals surface area contributed by atoms with E-state index in [1.54, 1.807) is 37.3 Å². The molecule has 0 saturated heterocycles. The third kappa shape index (κ3) is 5.30.